The maximum Gasteiger partial charge on any atom is 0.307 e. The van der Waals surface area contributed by atoms with Crippen LogP contribution >= 0.6 is 0 Å². The van der Waals surface area contributed by atoms with Crippen LogP contribution in [-0.2, 0) is 14.3 Å². The van der Waals surface area contributed by atoms with Crippen molar-refractivity contribution < 1.29 is 23.8 Å². The minimum Gasteiger partial charge on any atom is -0.493 e. The molecule has 1 aromatic rings. The molecule has 0 saturated carbocycles. The summed E-state index contributed by atoms with van der Waals surface area (Å²) in [6.07, 6.45) is 0.157. The zero-order valence-corrected chi connectivity index (χ0v) is 14.8. The van der Waals surface area contributed by atoms with E-state index in [1.165, 1.54) is 7.11 Å². The first-order chi connectivity index (χ1) is 11.5. The Kier molecular flexibility index (Phi) is 8.64. The molecule has 0 aliphatic heterocycles. The van der Waals surface area contributed by atoms with E-state index in [1.807, 2.05) is 31.1 Å². The lowest BCUT2D eigenvalue weighted by molar-refractivity contribution is -0.142. The number of hydrogen-bond donors (Lipinski definition) is 0. The van der Waals surface area contributed by atoms with E-state index in [0.29, 0.717) is 31.1 Å². The summed E-state index contributed by atoms with van der Waals surface area (Å²) in [5, 5.41) is 0. The van der Waals surface area contributed by atoms with E-state index >= 15 is 0 Å². The van der Waals surface area contributed by atoms with Gasteiger partial charge in [0.15, 0.2) is 18.1 Å². The van der Waals surface area contributed by atoms with Gasteiger partial charge in [-0.1, -0.05) is 12.1 Å². The van der Waals surface area contributed by atoms with Gasteiger partial charge in [0.2, 0.25) is 0 Å². The number of amides is 1. The van der Waals surface area contributed by atoms with Gasteiger partial charge in [-0.3, -0.25) is 9.59 Å². The largest absolute Gasteiger partial charge is 0.493 e. The number of esters is 1. The monoisotopic (exact) mass is 338 g/mol. The molecule has 0 fully saturated rings. The van der Waals surface area contributed by atoms with Crippen LogP contribution in [0.3, 0.4) is 0 Å². The molecule has 134 valence electrons. The zero-order chi connectivity index (χ0) is 17.9. The highest BCUT2D eigenvalue weighted by molar-refractivity contribution is 5.78. The number of hydrogen-bond acceptors (Lipinski definition) is 6. The second-order valence-electron chi connectivity index (χ2n) is 5.45. The van der Waals surface area contributed by atoms with Crippen LogP contribution in [-0.4, -0.2) is 76.2 Å². The number of likely N-dealkylation sites (N-methyl/N-ethyl adjacent to an activating group) is 1. The molecule has 0 aliphatic carbocycles. The number of ether oxygens (including phenoxy) is 3. The summed E-state index contributed by atoms with van der Waals surface area (Å²) in [6.45, 7) is 1.39. The molecule has 0 aliphatic rings. The van der Waals surface area contributed by atoms with Gasteiger partial charge in [0.25, 0.3) is 5.91 Å². The molecule has 0 unspecified atom stereocenters. The Balaban J connectivity index is 2.63. The lowest BCUT2D eigenvalue weighted by Gasteiger charge is -2.24. The second kappa shape index (κ2) is 10.5. The molecule has 1 amide bonds. The van der Waals surface area contributed by atoms with Crippen molar-refractivity contribution in [2.45, 2.75) is 6.42 Å². The van der Waals surface area contributed by atoms with Gasteiger partial charge in [0, 0.05) is 19.6 Å². The molecular formula is C17H26N2O5. The third-order valence-electron chi connectivity index (χ3n) is 3.40. The standard InChI is InChI=1S/C17H26N2O5/c1-18(2)11-12-19(10-9-17(21)23-4)16(20)13-24-15-8-6-5-7-14(15)22-3/h5-8H,9-13H2,1-4H3. The van der Waals surface area contributed by atoms with E-state index < -0.39 is 0 Å². The van der Waals surface area contributed by atoms with Crippen molar-refractivity contribution >= 4 is 11.9 Å². The van der Waals surface area contributed by atoms with Crippen LogP contribution in [0.1, 0.15) is 6.42 Å². The fraction of sp³-hybridized carbons (Fsp3) is 0.529. The third-order valence-corrected chi connectivity index (χ3v) is 3.40. The first-order valence-electron chi connectivity index (χ1n) is 7.73. The average Bonchev–Trinajstić information content (AvgIpc) is 2.59. The molecule has 1 aromatic carbocycles. The van der Waals surface area contributed by atoms with E-state index in [2.05, 4.69) is 4.74 Å². The number of benzene rings is 1. The van der Waals surface area contributed by atoms with Crippen molar-refractivity contribution in [1.82, 2.24) is 9.80 Å². The predicted molar refractivity (Wildman–Crippen MR) is 90.3 cm³/mol. The lowest BCUT2D eigenvalue weighted by atomic mass is 10.3. The SMILES string of the molecule is COC(=O)CCN(CCN(C)C)C(=O)COc1ccccc1OC. The second-order valence-corrected chi connectivity index (χ2v) is 5.45. The van der Waals surface area contributed by atoms with Gasteiger partial charge in [-0.05, 0) is 26.2 Å². The van der Waals surface area contributed by atoms with E-state index in [9.17, 15) is 9.59 Å². The summed E-state index contributed by atoms with van der Waals surface area (Å²) < 4.78 is 15.4. The number of nitrogens with zero attached hydrogens (tertiary/aromatic N) is 2. The summed E-state index contributed by atoms with van der Waals surface area (Å²) >= 11 is 0. The van der Waals surface area contributed by atoms with Crippen molar-refractivity contribution in [2.75, 3.05) is 54.6 Å². The Hall–Kier alpha value is -2.28. The zero-order valence-electron chi connectivity index (χ0n) is 14.8. The Bertz CT molecular complexity index is 533. The number of rotatable bonds is 10. The molecule has 0 radical (unpaired) electrons. The molecule has 1 rings (SSSR count). The van der Waals surface area contributed by atoms with Gasteiger partial charge in [0.05, 0.1) is 20.6 Å². The van der Waals surface area contributed by atoms with Crippen LogP contribution in [0.15, 0.2) is 24.3 Å². The highest BCUT2D eigenvalue weighted by Crippen LogP contribution is 2.25. The third kappa shape index (κ3) is 6.87. The lowest BCUT2D eigenvalue weighted by Crippen LogP contribution is -2.40. The van der Waals surface area contributed by atoms with Gasteiger partial charge < -0.3 is 24.0 Å². The van der Waals surface area contributed by atoms with Crippen molar-refractivity contribution in [3.8, 4) is 11.5 Å². The maximum absolute atomic E-state index is 12.4. The normalized spacial score (nSPS) is 10.4. The van der Waals surface area contributed by atoms with Crippen LogP contribution < -0.4 is 9.47 Å². The number of methoxy groups -OCH3 is 2. The van der Waals surface area contributed by atoms with Gasteiger partial charge in [-0.15, -0.1) is 0 Å². The molecule has 0 heterocycles. The summed E-state index contributed by atoms with van der Waals surface area (Å²) in [4.78, 5) is 27.3. The molecular weight excluding hydrogens is 312 g/mol. The molecule has 0 atom stereocenters. The molecule has 0 saturated heterocycles. The summed E-state index contributed by atoms with van der Waals surface area (Å²) in [5.41, 5.74) is 0. The van der Waals surface area contributed by atoms with Crippen LogP contribution in [0, 0.1) is 0 Å². The fourth-order valence-electron chi connectivity index (χ4n) is 1.98. The van der Waals surface area contributed by atoms with Crippen molar-refractivity contribution in [2.24, 2.45) is 0 Å². The highest BCUT2D eigenvalue weighted by atomic mass is 16.5. The van der Waals surface area contributed by atoms with Gasteiger partial charge in [0.1, 0.15) is 0 Å². The summed E-state index contributed by atoms with van der Waals surface area (Å²) in [6, 6.07) is 7.14. The molecule has 0 N–H and O–H groups in total. The van der Waals surface area contributed by atoms with E-state index in [4.69, 9.17) is 9.47 Å². The average molecular weight is 338 g/mol. The van der Waals surface area contributed by atoms with Crippen molar-refractivity contribution in [1.29, 1.82) is 0 Å². The highest BCUT2D eigenvalue weighted by Gasteiger charge is 2.17. The van der Waals surface area contributed by atoms with Crippen molar-refractivity contribution in [3.63, 3.8) is 0 Å². The first-order valence-corrected chi connectivity index (χ1v) is 7.73. The molecule has 0 aromatic heterocycles. The summed E-state index contributed by atoms with van der Waals surface area (Å²) in [5.74, 6) is 0.545. The van der Waals surface area contributed by atoms with E-state index in [0.717, 1.165) is 0 Å². The van der Waals surface area contributed by atoms with Crippen LogP contribution in [0.2, 0.25) is 0 Å². The Labute approximate surface area is 143 Å². The first kappa shape index (κ1) is 19.8. The van der Waals surface area contributed by atoms with Gasteiger partial charge >= 0.3 is 5.97 Å². The van der Waals surface area contributed by atoms with E-state index in [1.54, 1.807) is 24.1 Å². The number of carbonyl (C=O) groups excluding carboxylic acids is 2. The van der Waals surface area contributed by atoms with Crippen LogP contribution in [0.4, 0.5) is 0 Å². The maximum atomic E-state index is 12.4. The van der Waals surface area contributed by atoms with E-state index in [-0.39, 0.29) is 24.9 Å². The fourth-order valence-corrected chi connectivity index (χ4v) is 1.98. The Morgan fingerprint density at radius 1 is 1.00 bits per heavy atom. The minimum atomic E-state index is -0.344. The molecule has 0 spiro atoms. The predicted octanol–water partition coefficient (Wildman–Crippen LogP) is 1.03. The minimum absolute atomic E-state index is 0.116. The summed E-state index contributed by atoms with van der Waals surface area (Å²) in [7, 11) is 6.73. The van der Waals surface area contributed by atoms with Gasteiger partial charge in [-0.25, -0.2) is 0 Å². The van der Waals surface area contributed by atoms with Crippen molar-refractivity contribution in [3.05, 3.63) is 24.3 Å². The quantitative estimate of drug-likeness (QED) is 0.594. The van der Waals surface area contributed by atoms with Crippen LogP contribution in [0.25, 0.3) is 0 Å². The Morgan fingerprint density at radius 3 is 2.25 bits per heavy atom. The number of para-hydroxylation sites is 2. The molecule has 7 heteroatoms. The van der Waals surface area contributed by atoms with Crippen LogP contribution in [0.5, 0.6) is 11.5 Å². The number of carbonyl (C=O) groups is 2. The topological polar surface area (TPSA) is 68.3 Å². The molecule has 0 bridgehead atoms. The Morgan fingerprint density at radius 2 is 1.67 bits per heavy atom. The molecule has 7 nitrogen and oxygen atoms in total. The van der Waals surface area contributed by atoms with Gasteiger partial charge in [-0.2, -0.15) is 0 Å². The molecule has 24 heavy (non-hydrogen) atoms. The smallest absolute Gasteiger partial charge is 0.307 e.